The first-order valence-corrected chi connectivity index (χ1v) is 14.0. The molecular formula is C25H40N5O6S+. The maximum absolute atomic E-state index is 12.0. The molecule has 0 radical (unpaired) electrons. The highest BCUT2D eigenvalue weighted by molar-refractivity contribution is 8.00. The monoisotopic (exact) mass is 538 g/mol. The second kappa shape index (κ2) is 16.4. The lowest BCUT2D eigenvalue weighted by atomic mass is 10.0. The van der Waals surface area contributed by atoms with Gasteiger partial charge in [-0.2, -0.15) is 11.8 Å². The molecule has 0 bridgehead atoms. The van der Waals surface area contributed by atoms with Crippen molar-refractivity contribution in [2.24, 2.45) is 7.05 Å². The van der Waals surface area contributed by atoms with Crippen LogP contribution in [0.15, 0.2) is 24.5 Å². The molecule has 0 aliphatic carbocycles. The summed E-state index contributed by atoms with van der Waals surface area (Å²) in [6.45, 7) is 3.58. The standard InChI is InChI=1S/C25H39N5O6S/c1-30-10-4-5-19(17-30)24(32)27-9-12-35-14-16-36-15-13-34-11-8-26-22(31)7-3-2-6-21-23-20(18-37-21)28-25(33)29-23/h4-5,10,17,20-21,23H,2-3,6-9,11-16,18H2,1H3,(H3-,26,27,28,29,31,32,33)/p+1. The third-order valence-corrected chi connectivity index (χ3v) is 7.64. The van der Waals surface area contributed by atoms with Crippen molar-refractivity contribution in [2.75, 3.05) is 58.5 Å². The Hall–Kier alpha value is -2.41. The van der Waals surface area contributed by atoms with E-state index in [9.17, 15) is 14.4 Å². The number of amides is 4. The predicted octanol–water partition coefficient (Wildman–Crippen LogP) is 0.133. The number of carbonyl (C=O) groups excluding carboxylic acids is 3. The minimum Gasteiger partial charge on any atom is -0.377 e. The third-order valence-electron chi connectivity index (χ3n) is 6.13. The summed E-state index contributed by atoms with van der Waals surface area (Å²) in [6.07, 6.45) is 6.98. The van der Waals surface area contributed by atoms with Gasteiger partial charge in [0.15, 0.2) is 12.4 Å². The number of unbranched alkanes of at least 4 members (excludes halogenated alkanes) is 1. The number of fused-ring (bicyclic) bond motifs is 1. The lowest BCUT2D eigenvalue weighted by molar-refractivity contribution is -0.671. The summed E-state index contributed by atoms with van der Waals surface area (Å²) in [4.78, 5) is 35.4. The molecule has 1 aromatic rings. The maximum Gasteiger partial charge on any atom is 0.315 e. The number of thioether (sulfide) groups is 1. The normalized spacial score (nSPS) is 20.2. The van der Waals surface area contributed by atoms with E-state index in [0.717, 1.165) is 25.0 Å². The van der Waals surface area contributed by atoms with E-state index in [2.05, 4.69) is 21.3 Å². The molecule has 4 amide bonds. The van der Waals surface area contributed by atoms with Crippen LogP contribution in [0.4, 0.5) is 4.79 Å². The third kappa shape index (κ3) is 10.8. The van der Waals surface area contributed by atoms with Gasteiger partial charge < -0.3 is 35.5 Å². The highest BCUT2D eigenvalue weighted by atomic mass is 32.2. The summed E-state index contributed by atoms with van der Waals surface area (Å²) in [5.74, 6) is 0.877. The molecule has 3 unspecified atom stereocenters. The number of nitrogens with zero attached hydrogens (tertiary/aromatic N) is 1. The molecule has 3 heterocycles. The molecule has 0 saturated carbocycles. The molecular weight excluding hydrogens is 498 g/mol. The van der Waals surface area contributed by atoms with Crippen LogP contribution >= 0.6 is 11.8 Å². The molecule has 3 rings (SSSR count). The van der Waals surface area contributed by atoms with Crippen molar-refractivity contribution >= 4 is 29.6 Å². The van der Waals surface area contributed by atoms with Crippen molar-refractivity contribution in [3.8, 4) is 0 Å². The molecule has 3 atom stereocenters. The topological polar surface area (TPSA) is 131 Å². The van der Waals surface area contributed by atoms with Crippen LogP contribution in [0.5, 0.6) is 0 Å². The number of hydrogen-bond acceptors (Lipinski definition) is 7. The Kier molecular flexibility index (Phi) is 12.9. The number of pyridine rings is 1. The summed E-state index contributed by atoms with van der Waals surface area (Å²) < 4.78 is 18.2. The number of rotatable bonds is 18. The molecule has 37 heavy (non-hydrogen) atoms. The Morgan fingerprint density at radius 3 is 2.46 bits per heavy atom. The number of ether oxygens (including phenoxy) is 3. The Labute approximate surface area is 222 Å². The average Bonchev–Trinajstić information content (AvgIpc) is 3.43. The fourth-order valence-electron chi connectivity index (χ4n) is 4.23. The lowest BCUT2D eigenvalue weighted by Crippen LogP contribution is -2.36. The van der Waals surface area contributed by atoms with Gasteiger partial charge in [0.1, 0.15) is 12.6 Å². The van der Waals surface area contributed by atoms with Gasteiger partial charge in [-0.1, -0.05) is 6.42 Å². The van der Waals surface area contributed by atoms with Gasteiger partial charge >= 0.3 is 6.03 Å². The van der Waals surface area contributed by atoms with Crippen LogP contribution in [0.2, 0.25) is 0 Å². The number of aromatic nitrogens is 1. The number of hydrogen-bond donors (Lipinski definition) is 4. The van der Waals surface area contributed by atoms with Crippen LogP contribution in [0, 0.1) is 0 Å². The minimum atomic E-state index is -0.125. The molecule has 11 nitrogen and oxygen atoms in total. The van der Waals surface area contributed by atoms with E-state index in [4.69, 9.17) is 14.2 Å². The first kappa shape index (κ1) is 29.2. The second-order valence-electron chi connectivity index (χ2n) is 9.07. The van der Waals surface area contributed by atoms with Crippen LogP contribution < -0.4 is 25.8 Å². The van der Waals surface area contributed by atoms with Gasteiger partial charge in [-0.05, 0) is 18.9 Å². The van der Waals surface area contributed by atoms with Crippen molar-refractivity contribution < 1.29 is 33.2 Å². The van der Waals surface area contributed by atoms with E-state index in [1.165, 1.54) is 0 Å². The first-order chi connectivity index (χ1) is 18.0. The fraction of sp³-hybridized carbons (Fsp3) is 0.680. The number of urea groups is 1. The van der Waals surface area contributed by atoms with E-state index in [0.29, 0.717) is 70.0 Å². The second-order valence-corrected chi connectivity index (χ2v) is 10.3. The molecule has 2 aliphatic heterocycles. The zero-order valence-electron chi connectivity index (χ0n) is 21.5. The van der Waals surface area contributed by atoms with Crippen LogP contribution in [0.3, 0.4) is 0 Å². The Bertz CT molecular complexity index is 876. The molecule has 1 aromatic heterocycles. The molecule has 0 aromatic carbocycles. The summed E-state index contributed by atoms with van der Waals surface area (Å²) >= 11 is 1.90. The molecule has 12 heteroatoms. The van der Waals surface area contributed by atoms with Gasteiger partial charge in [0.05, 0.1) is 51.7 Å². The lowest BCUT2D eigenvalue weighted by Gasteiger charge is -2.16. The quantitative estimate of drug-likeness (QED) is 0.119. The highest BCUT2D eigenvalue weighted by Crippen LogP contribution is 2.33. The van der Waals surface area contributed by atoms with Gasteiger partial charge in [0, 0.05) is 36.6 Å². The smallest absolute Gasteiger partial charge is 0.315 e. The van der Waals surface area contributed by atoms with Gasteiger partial charge in [-0.3, -0.25) is 9.59 Å². The molecule has 2 aliphatic rings. The molecule has 0 spiro atoms. The van der Waals surface area contributed by atoms with Gasteiger partial charge in [0.25, 0.3) is 5.91 Å². The maximum atomic E-state index is 12.0. The summed E-state index contributed by atoms with van der Waals surface area (Å²) in [5.41, 5.74) is 0.611. The number of aryl methyl sites for hydroxylation is 1. The van der Waals surface area contributed by atoms with Crippen LogP contribution in [-0.2, 0) is 26.1 Å². The molecule has 206 valence electrons. The Morgan fingerprint density at radius 2 is 1.73 bits per heavy atom. The fourth-order valence-corrected chi connectivity index (χ4v) is 5.77. The van der Waals surface area contributed by atoms with Crippen molar-refractivity contribution in [1.82, 2.24) is 21.3 Å². The van der Waals surface area contributed by atoms with E-state index >= 15 is 0 Å². The molecule has 2 saturated heterocycles. The Morgan fingerprint density at radius 1 is 1.03 bits per heavy atom. The zero-order chi connectivity index (χ0) is 26.3. The average molecular weight is 539 g/mol. The van der Waals surface area contributed by atoms with Crippen molar-refractivity contribution in [3.05, 3.63) is 30.1 Å². The van der Waals surface area contributed by atoms with E-state index < -0.39 is 0 Å². The number of carbonyl (C=O) groups is 3. The molecule has 2 fully saturated rings. The summed E-state index contributed by atoms with van der Waals surface area (Å²) in [6, 6.07) is 4.01. The van der Waals surface area contributed by atoms with E-state index in [-0.39, 0.29) is 29.9 Å². The number of nitrogens with one attached hydrogen (secondary N) is 4. The van der Waals surface area contributed by atoms with Gasteiger partial charge in [-0.25, -0.2) is 9.36 Å². The minimum absolute atomic E-state index is 0.0405. The Balaban J connectivity index is 1.04. The van der Waals surface area contributed by atoms with Gasteiger partial charge in [0.2, 0.25) is 5.91 Å². The highest BCUT2D eigenvalue weighted by Gasteiger charge is 2.42. The predicted molar refractivity (Wildman–Crippen MR) is 139 cm³/mol. The molecule has 4 N–H and O–H groups in total. The van der Waals surface area contributed by atoms with Crippen molar-refractivity contribution in [1.29, 1.82) is 0 Å². The van der Waals surface area contributed by atoms with E-state index in [1.807, 2.05) is 35.6 Å². The first-order valence-electron chi connectivity index (χ1n) is 12.9. The van der Waals surface area contributed by atoms with Crippen LogP contribution in [0.25, 0.3) is 0 Å². The van der Waals surface area contributed by atoms with Crippen LogP contribution in [-0.4, -0.2) is 93.7 Å². The largest absolute Gasteiger partial charge is 0.377 e. The summed E-state index contributed by atoms with van der Waals surface area (Å²) in [7, 11) is 1.87. The SMILES string of the molecule is C[n+]1cccc(C(=O)NCCOCCOCCOCCNC(=O)CCCCC2SCC3NC(=O)NC32)c1. The van der Waals surface area contributed by atoms with Crippen LogP contribution in [0.1, 0.15) is 36.0 Å². The van der Waals surface area contributed by atoms with E-state index in [1.54, 1.807) is 12.3 Å². The van der Waals surface area contributed by atoms with Crippen molar-refractivity contribution in [2.45, 2.75) is 43.0 Å². The van der Waals surface area contributed by atoms with Gasteiger partial charge in [-0.15, -0.1) is 0 Å². The zero-order valence-corrected chi connectivity index (χ0v) is 22.4. The van der Waals surface area contributed by atoms with Crippen molar-refractivity contribution in [3.63, 3.8) is 0 Å². The summed E-state index contributed by atoms with van der Waals surface area (Å²) in [5, 5.41) is 12.1.